The molecule has 0 aliphatic heterocycles. The van der Waals surface area contributed by atoms with Gasteiger partial charge in [-0.3, -0.25) is 4.79 Å². The molecule has 4 heteroatoms. The van der Waals surface area contributed by atoms with Crippen LogP contribution in [0.2, 0.25) is 0 Å². The maximum absolute atomic E-state index is 9.65. The van der Waals surface area contributed by atoms with Crippen molar-refractivity contribution in [2.75, 3.05) is 6.61 Å². The second-order valence-electron chi connectivity index (χ2n) is 1.13. The number of carboxylic acid groups (broad SMARTS) is 1. The summed E-state index contributed by atoms with van der Waals surface area (Å²) >= 11 is 0. The molecule has 0 bridgehead atoms. The summed E-state index contributed by atoms with van der Waals surface area (Å²) in [5.74, 6) is -1.18. The van der Waals surface area contributed by atoms with Crippen molar-refractivity contribution in [2.45, 2.75) is 6.04 Å². The molecule has 0 fully saturated rings. The van der Waals surface area contributed by atoms with Crippen molar-refractivity contribution in [2.24, 2.45) is 5.73 Å². The maximum Gasteiger partial charge on any atom is 0.322 e. The first kappa shape index (κ1) is 6.39. The molecule has 0 amide bonds. The van der Waals surface area contributed by atoms with E-state index in [0.717, 1.165) is 0 Å². The second kappa shape index (κ2) is 2.54. The zero-order valence-corrected chi connectivity index (χ0v) is 3.66. The van der Waals surface area contributed by atoms with Crippen LogP contribution in [0.25, 0.3) is 0 Å². The highest BCUT2D eigenvalue weighted by Gasteiger charge is 2.06. The van der Waals surface area contributed by atoms with Gasteiger partial charge in [0.1, 0.15) is 6.04 Å². The first-order valence-electron chi connectivity index (χ1n) is 1.77. The van der Waals surface area contributed by atoms with Crippen LogP contribution in [-0.4, -0.2) is 28.8 Å². The van der Waals surface area contributed by atoms with Crippen LogP contribution in [0.4, 0.5) is 0 Å². The SMILES string of the molecule is N[13C@@H](CO)[13C](=O)O. The summed E-state index contributed by atoms with van der Waals surface area (Å²) in [6, 6.07) is -1.13. The van der Waals surface area contributed by atoms with Crippen LogP contribution < -0.4 is 5.73 Å². The molecule has 4 N–H and O–H groups in total. The third kappa shape index (κ3) is 2.13. The fourth-order valence-corrected chi connectivity index (χ4v) is 0.0781. The summed E-state index contributed by atoms with van der Waals surface area (Å²) in [6.45, 7) is -0.505. The Hall–Kier alpha value is -0.610. The van der Waals surface area contributed by atoms with Crippen LogP contribution in [-0.2, 0) is 4.79 Å². The lowest BCUT2D eigenvalue weighted by atomic mass is 11.0. The molecule has 0 aromatic rings. The zero-order chi connectivity index (χ0) is 5.86. The molecule has 0 unspecified atom stereocenters. The highest BCUT2D eigenvalue weighted by Crippen LogP contribution is 1.71. The number of aliphatic hydroxyl groups excluding tert-OH is 1. The Morgan fingerprint density at radius 3 is 2.29 bits per heavy atom. The Bertz CT molecular complexity index is 72.6. The van der Waals surface area contributed by atoms with E-state index in [1.54, 1.807) is 0 Å². The molecule has 0 aromatic carbocycles. The van der Waals surface area contributed by atoms with Gasteiger partial charge in [-0.25, -0.2) is 0 Å². The van der Waals surface area contributed by atoms with Crippen LogP contribution in [0.1, 0.15) is 0 Å². The van der Waals surface area contributed by atoms with E-state index in [1.165, 1.54) is 0 Å². The highest BCUT2D eigenvalue weighted by atomic mass is 16.5. The lowest BCUT2D eigenvalue weighted by molar-refractivity contribution is -0.139. The van der Waals surface area contributed by atoms with Crippen LogP contribution in [0.3, 0.4) is 0 Å². The fourth-order valence-electron chi connectivity index (χ4n) is 0.0781. The molecule has 0 spiro atoms. The maximum atomic E-state index is 9.65. The molecule has 0 radical (unpaired) electrons. The number of aliphatic carboxylic acids is 1. The quantitative estimate of drug-likeness (QED) is 0.371. The Balaban J connectivity index is 3.34. The smallest absolute Gasteiger partial charge is 0.322 e. The van der Waals surface area contributed by atoms with Crippen molar-refractivity contribution in [3.05, 3.63) is 0 Å². The number of rotatable bonds is 2. The Morgan fingerprint density at radius 2 is 2.29 bits per heavy atom. The van der Waals surface area contributed by atoms with Crippen molar-refractivity contribution >= 4 is 5.97 Å². The molecule has 0 aromatic heterocycles. The van der Waals surface area contributed by atoms with E-state index in [0.29, 0.717) is 0 Å². The van der Waals surface area contributed by atoms with E-state index in [1.807, 2.05) is 0 Å². The third-order valence-corrected chi connectivity index (χ3v) is 0.514. The molecular weight excluding hydrogens is 100 g/mol. The van der Waals surface area contributed by atoms with Gasteiger partial charge in [-0.05, 0) is 0 Å². The summed E-state index contributed by atoms with van der Waals surface area (Å²) < 4.78 is 0. The van der Waals surface area contributed by atoms with E-state index in [9.17, 15) is 4.79 Å². The third-order valence-electron chi connectivity index (χ3n) is 0.514. The van der Waals surface area contributed by atoms with Gasteiger partial charge in [0.15, 0.2) is 0 Å². The van der Waals surface area contributed by atoms with E-state index >= 15 is 0 Å². The van der Waals surface area contributed by atoms with Gasteiger partial charge < -0.3 is 15.9 Å². The number of nitrogens with two attached hydrogens (primary N) is 1. The molecule has 0 rings (SSSR count). The molecule has 42 valence electrons. The van der Waals surface area contributed by atoms with E-state index in [2.05, 4.69) is 0 Å². The summed E-state index contributed by atoms with van der Waals surface area (Å²) in [5.41, 5.74) is 4.77. The van der Waals surface area contributed by atoms with Gasteiger partial charge in [0.2, 0.25) is 0 Å². The average molecular weight is 107 g/mol. The predicted molar refractivity (Wildman–Crippen MR) is 22.7 cm³/mol. The number of aliphatic hydroxyl groups is 1. The van der Waals surface area contributed by atoms with Crippen molar-refractivity contribution in [1.82, 2.24) is 0 Å². The van der Waals surface area contributed by atoms with Gasteiger partial charge in [-0.15, -0.1) is 0 Å². The van der Waals surface area contributed by atoms with Crippen LogP contribution >= 0.6 is 0 Å². The van der Waals surface area contributed by atoms with Crippen LogP contribution in [0.15, 0.2) is 0 Å². The first-order chi connectivity index (χ1) is 3.18. The lowest BCUT2D eigenvalue weighted by Gasteiger charge is -1.96. The molecule has 1 atom stereocenters. The molecule has 7 heavy (non-hydrogen) atoms. The molecule has 4 nitrogen and oxygen atoms in total. The highest BCUT2D eigenvalue weighted by molar-refractivity contribution is 5.73. The number of carboxylic acids is 1. The van der Waals surface area contributed by atoms with Crippen molar-refractivity contribution in [3.8, 4) is 0 Å². The average Bonchev–Trinajstić information content (AvgIpc) is 1.65. The Morgan fingerprint density at radius 1 is 1.86 bits per heavy atom. The number of carbonyl (C=O) groups is 1. The van der Waals surface area contributed by atoms with Crippen LogP contribution in [0.5, 0.6) is 0 Å². The zero-order valence-electron chi connectivity index (χ0n) is 3.66. The lowest BCUT2D eigenvalue weighted by Crippen LogP contribution is -2.33. The molecule has 0 saturated heterocycles. The van der Waals surface area contributed by atoms with Gasteiger partial charge in [-0.2, -0.15) is 0 Å². The van der Waals surface area contributed by atoms with Gasteiger partial charge in [0.05, 0.1) is 6.61 Å². The molecular formula is C3H7NO3. The molecule has 0 heterocycles. The van der Waals surface area contributed by atoms with Gasteiger partial charge in [0, 0.05) is 0 Å². The van der Waals surface area contributed by atoms with Crippen molar-refractivity contribution in [1.29, 1.82) is 0 Å². The summed E-state index contributed by atoms with van der Waals surface area (Å²) in [7, 11) is 0. The fraction of sp³-hybridized carbons (Fsp3) is 0.667. The minimum atomic E-state index is -1.18. The predicted octanol–water partition coefficient (Wildman–Crippen LogP) is -1.61. The van der Waals surface area contributed by atoms with Gasteiger partial charge in [0.25, 0.3) is 0 Å². The van der Waals surface area contributed by atoms with Crippen molar-refractivity contribution < 1.29 is 15.0 Å². The summed E-state index contributed by atoms with van der Waals surface area (Å²) in [5, 5.41) is 15.9. The minimum Gasteiger partial charge on any atom is -0.480 e. The minimum absolute atomic E-state index is 0.505. The van der Waals surface area contributed by atoms with Crippen LogP contribution in [0, 0.1) is 0 Å². The summed E-state index contributed by atoms with van der Waals surface area (Å²) in [4.78, 5) is 9.65. The standard InChI is InChI=1S/C3H7NO3/c4-2(1-5)3(6)7/h2,5H,1,4H2,(H,6,7)/t2-/m0/s1/i2+1,3+1. The van der Waals surface area contributed by atoms with E-state index < -0.39 is 18.6 Å². The van der Waals surface area contributed by atoms with Gasteiger partial charge >= 0.3 is 5.97 Å². The van der Waals surface area contributed by atoms with Crippen molar-refractivity contribution in [3.63, 3.8) is 0 Å². The monoisotopic (exact) mass is 107 g/mol. The molecule has 0 aliphatic rings. The van der Waals surface area contributed by atoms with Gasteiger partial charge in [-0.1, -0.05) is 0 Å². The molecule has 0 saturated carbocycles. The number of hydrogen-bond donors (Lipinski definition) is 3. The van der Waals surface area contributed by atoms with E-state index in [4.69, 9.17) is 15.9 Å². The normalized spacial score (nSPS) is 13.4. The Kier molecular flexibility index (Phi) is 2.32. The second-order valence-corrected chi connectivity index (χ2v) is 1.13. The summed E-state index contributed by atoms with van der Waals surface area (Å²) in [6.07, 6.45) is 0. The van der Waals surface area contributed by atoms with E-state index in [-0.39, 0.29) is 0 Å². The largest absolute Gasteiger partial charge is 0.480 e. The first-order valence-corrected chi connectivity index (χ1v) is 1.77. The Labute approximate surface area is 40.6 Å². The number of hydrogen-bond acceptors (Lipinski definition) is 3. The topological polar surface area (TPSA) is 83.5 Å². The molecule has 0 aliphatic carbocycles.